The van der Waals surface area contributed by atoms with Gasteiger partial charge in [-0.15, -0.1) is 0 Å². The van der Waals surface area contributed by atoms with E-state index in [1.807, 2.05) is 12.1 Å². The second kappa shape index (κ2) is 8.53. The summed E-state index contributed by atoms with van der Waals surface area (Å²) in [6, 6.07) is 23.1. The molecule has 3 heteroatoms. The van der Waals surface area contributed by atoms with Crippen LogP contribution < -0.4 is 0 Å². The lowest BCUT2D eigenvalue weighted by atomic mass is 9.87. The molecule has 1 aliphatic heterocycles. The molecule has 3 aromatic rings. The van der Waals surface area contributed by atoms with E-state index in [2.05, 4.69) is 70.3 Å². The number of thiophene rings is 1. The van der Waals surface area contributed by atoms with Crippen molar-refractivity contribution in [2.45, 2.75) is 31.1 Å². The van der Waals surface area contributed by atoms with Crippen LogP contribution >= 0.6 is 11.3 Å². The van der Waals surface area contributed by atoms with Gasteiger partial charge in [0.05, 0.1) is 0 Å². The van der Waals surface area contributed by atoms with Crippen molar-refractivity contribution in [1.82, 2.24) is 4.90 Å². The van der Waals surface area contributed by atoms with Gasteiger partial charge in [-0.1, -0.05) is 60.7 Å². The number of hydrogen-bond donors (Lipinski definition) is 0. The van der Waals surface area contributed by atoms with Crippen molar-refractivity contribution in [3.8, 4) is 0 Å². The Kier molecular flexibility index (Phi) is 5.69. The van der Waals surface area contributed by atoms with E-state index in [0.717, 1.165) is 25.9 Å². The van der Waals surface area contributed by atoms with Crippen molar-refractivity contribution in [2.24, 2.45) is 0 Å². The molecule has 1 aliphatic rings. The molecule has 138 valence electrons. The molecule has 2 nitrogen and oxygen atoms in total. The lowest BCUT2D eigenvalue weighted by Crippen LogP contribution is -2.38. The average Bonchev–Trinajstić information content (AvgIpc) is 3.28. The molecule has 0 atom stereocenters. The van der Waals surface area contributed by atoms with Gasteiger partial charge >= 0.3 is 0 Å². The van der Waals surface area contributed by atoms with E-state index in [0.29, 0.717) is 12.3 Å². The second-order valence-corrected chi connectivity index (χ2v) is 8.07. The number of benzene rings is 2. The van der Waals surface area contributed by atoms with Crippen LogP contribution in [-0.2, 0) is 4.79 Å². The number of carbonyl (C=O) groups is 1. The summed E-state index contributed by atoms with van der Waals surface area (Å²) in [4.78, 5) is 15.1. The molecule has 2 aromatic carbocycles. The number of hydrogen-bond acceptors (Lipinski definition) is 2. The molecule has 1 fully saturated rings. The van der Waals surface area contributed by atoms with Gasteiger partial charge in [-0.2, -0.15) is 11.3 Å². The fraction of sp³-hybridized carbons (Fsp3) is 0.292. The Bertz CT molecular complexity index is 797. The van der Waals surface area contributed by atoms with Crippen molar-refractivity contribution < 1.29 is 4.79 Å². The maximum absolute atomic E-state index is 13.1. The molecule has 0 saturated carbocycles. The van der Waals surface area contributed by atoms with Crippen molar-refractivity contribution >= 4 is 17.2 Å². The minimum absolute atomic E-state index is 0.120. The van der Waals surface area contributed by atoms with Crippen LogP contribution in [0.2, 0.25) is 0 Å². The molecule has 2 heterocycles. The third-order valence-corrected chi connectivity index (χ3v) is 6.35. The van der Waals surface area contributed by atoms with Gasteiger partial charge in [-0.05, 0) is 52.3 Å². The lowest BCUT2D eigenvalue weighted by Gasteiger charge is -2.33. The van der Waals surface area contributed by atoms with Crippen LogP contribution in [0.25, 0.3) is 0 Å². The summed E-state index contributed by atoms with van der Waals surface area (Å²) in [5, 5.41) is 4.40. The molecule has 0 aliphatic carbocycles. The average molecular weight is 376 g/mol. The Hall–Kier alpha value is -2.39. The van der Waals surface area contributed by atoms with Crippen molar-refractivity contribution in [1.29, 1.82) is 0 Å². The van der Waals surface area contributed by atoms with Crippen LogP contribution in [0.3, 0.4) is 0 Å². The van der Waals surface area contributed by atoms with Gasteiger partial charge < -0.3 is 4.90 Å². The van der Waals surface area contributed by atoms with Crippen molar-refractivity contribution in [3.63, 3.8) is 0 Å². The predicted octanol–water partition coefficient (Wildman–Crippen LogP) is 5.68. The normalized spacial score (nSPS) is 15.2. The Morgan fingerprint density at radius 2 is 1.52 bits per heavy atom. The van der Waals surface area contributed by atoms with E-state index in [9.17, 15) is 4.79 Å². The molecule has 1 aromatic heterocycles. The van der Waals surface area contributed by atoms with Crippen LogP contribution in [0, 0.1) is 0 Å². The van der Waals surface area contributed by atoms with E-state index in [-0.39, 0.29) is 11.8 Å². The fourth-order valence-corrected chi connectivity index (χ4v) is 4.81. The third-order valence-electron chi connectivity index (χ3n) is 5.64. The fourth-order valence-electron chi connectivity index (χ4n) is 4.07. The molecular formula is C24H25NOS. The first-order valence-corrected chi connectivity index (χ1v) is 10.7. The van der Waals surface area contributed by atoms with Crippen molar-refractivity contribution in [3.05, 3.63) is 94.2 Å². The van der Waals surface area contributed by atoms with E-state index < -0.39 is 0 Å². The Balaban J connectivity index is 1.45. The summed E-state index contributed by atoms with van der Waals surface area (Å²) in [7, 11) is 0. The maximum Gasteiger partial charge on any atom is 0.223 e. The zero-order valence-corrected chi connectivity index (χ0v) is 16.3. The van der Waals surface area contributed by atoms with Gasteiger partial charge in [0.2, 0.25) is 5.91 Å². The Morgan fingerprint density at radius 1 is 0.926 bits per heavy atom. The molecule has 0 bridgehead atoms. The number of likely N-dealkylation sites (tertiary alicyclic amines) is 1. The highest BCUT2D eigenvalue weighted by Crippen LogP contribution is 2.32. The molecule has 0 unspecified atom stereocenters. The number of piperidine rings is 1. The van der Waals surface area contributed by atoms with Gasteiger partial charge in [0.25, 0.3) is 0 Å². The molecule has 0 spiro atoms. The SMILES string of the molecule is O=C(CC(c1ccccc1)c1ccccc1)N1CCC(c2ccsc2)CC1. The highest BCUT2D eigenvalue weighted by Gasteiger charge is 2.26. The quantitative estimate of drug-likeness (QED) is 0.562. The molecule has 27 heavy (non-hydrogen) atoms. The molecule has 1 saturated heterocycles. The maximum atomic E-state index is 13.1. The van der Waals surface area contributed by atoms with Gasteiger partial charge in [-0.3, -0.25) is 4.79 Å². The highest BCUT2D eigenvalue weighted by molar-refractivity contribution is 7.07. The first-order chi connectivity index (χ1) is 13.3. The minimum atomic E-state index is 0.120. The van der Waals surface area contributed by atoms with Crippen LogP contribution in [0.1, 0.15) is 47.8 Å². The van der Waals surface area contributed by atoms with E-state index >= 15 is 0 Å². The van der Waals surface area contributed by atoms with Crippen LogP contribution in [0.5, 0.6) is 0 Å². The second-order valence-electron chi connectivity index (χ2n) is 7.29. The Labute approximate surface area is 165 Å². The predicted molar refractivity (Wildman–Crippen MR) is 112 cm³/mol. The summed E-state index contributed by atoms with van der Waals surface area (Å²) in [6.45, 7) is 1.74. The first-order valence-electron chi connectivity index (χ1n) is 9.71. The van der Waals surface area contributed by atoms with Gasteiger partial charge in [-0.25, -0.2) is 0 Å². The smallest absolute Gasteiger partial charge is 0.223 e. The van der Waals surface area contributed by atoms with Crippen LogP contribution in [0.15, 0.2) is 77.5 Å². The molecule has 1 amide bonds. The molecular weight excluding hydrogens is 350 g/mol. The zero-order valence-electron chi connectivity index (χ0n) is 15.5. The summed E-state index contributed by atoms with van der Waals surface area (Å²) >= 11 is 1.76. The van der Waals surface area contributed by atoms with Crippen molar-refractivity contribution in [2.75, 3.05) is 13.1 Å². The van der Waals surface area contributed by atoms with E-state index in [4.69, 9.17) is 0 Å². The summed E-state index contributed by atoms with van der Waals surface area (Å²) in [6.07, 6.45) is 2.69. The van der Waals surface area contributed by atoms with E-state index in [1.54, 1.807) is 11.3 Å². The number of amides is 1. The number of rotatable bonds is 5. The lowest BCUT2D eigenvalue weighted by molar-refractivity contribution is -0.132. The molecule has 0 radical (unpaired) electrons. The standard InChI is InChI=1S/C24H25NOS/c26-24(25-14-11-19(12-15-25)22-13-16-27-18-22)17-23(20-7-3-1-4-8-20)21-9-5-2-6-10-21/h1-10,13,16,18-19,23H,11-12,14-15,17H2. The molecule has 4 rings (SSSR count). The van der Waals surface area contributed by atoms with E-state index in [1.165, 1.54) is 16.7 Å². The van der Waals surface area contributed by atoms with Gasteiger partial charge in [0, 0.05) is 25.4 Å². The summed E-state index contributed by atoms with van der Waals surface area (Å²) in [5.41, 5.74) is 3.87. The summed E-state index contributed by atoms with van der Waals surface area (Å²) < 4.78 is 0. The molecule has 0 N–H and O–H groups in total. The Morgan fingerprint density at radius 3 is 2.04 bits per heavy atom. The third kappa shape index (κ3) is 4.30. The van der Waals surface area contributed by atoms with Crippen LogP contribution in [0.4, 0.5) is 0 Å². The zero-order chi connectivity index (χ0) is 18.5. The first kappa shape index (κ1) is 18.0. The van der Waals surface area contributed by atoms with Crippen LogP contribution in [-0.4, -0.2) is 23.9 Å². The summed E-state index contributed by atoms with van der Waals surface area (Å²) in [5.74, 6) is 1.00. The number of carbonyl (C=O) groups excluding carboxylic acids is 1. The monoisotopic (exact) mass is 375 g/mol. The minimum Gasteiger partial charge on any atom is -0.343 e. The highest BCUT2D eigenvalue weighted by atomic mass is 32.1. The topological polar surface area (TPSA) is 20.3 Å². The van der Waals surface area contributed by atoms with Gasteiger partial charge in [0.15, 0.2) is 0 Å². The number of nitrogens with zero attached hydrogens (tertiary/aromatic N) is 1. The van der Waals surface area contributed by atoms with Gasteiger partial charge in [0.1, 0.15) is 0 Å². The largest absolute Gasteiger partial charge is 0.343 e.